The summed E-state index contributed by atoms with van der Waals surface area (Å²) in [4.78, 5) is 0. The summed E-state index contributed by atoms with van der Waals surface area (Å²) in [6, 6.07) is 10.3. The quantitative estimate of drug-likeness (QED) is 0.663. The second-order valence-electron chi connectivity index (χ2n) is 2.36. The van der Waals surface area contributed by atoms with E-state index in [0.717, 1.165) is 7.11 Å². The van der Waals surface area contributed by atoms with Gasteiger partial charge in [0.1, 0.15) is 0 Å². The highest BCUT2D eigenvalue weighted by Crippen LogP contribution is 1.92. The summed E-state index contributed by atoms with van der Waals surface area (Å²) >= 11 is 0. The maximum absolute atomic E-state index is 7.00. The van der Waals surface area contributed by atoms with Crippen LogP contribution in [0, 0.1) is 6.92 Å². The fourth-order valence-corrected chi connectivity index (χ4v) is 0.534. The topological polar surface area (TPSA) is 51.7 Å². The Morgan fingerprint density at radius 3 is 1.46 bits per heavy atom. The van der Waals surface area contributed by atoms with Crippen LogP contribution >= 0.6 is 0 Å². The lowest BCUT2D eigenvalue weighted by Crippen LogP contribution is -1.62. The molecule has 2 heteroatoms. The molecular weight excluding hydrogens is 164 g/mol. The lowest BCUT2D eigenvalue weighted by atomic mass is 10.2. The summed E-state index contributed by atoms with van der Waals surface area (Å²) in [5.74, 6) is 0. The van der Waals surface area contributed by atoms with Crippen LogP contribution in [0.2, 0.25) is 0 Å². The first-order valence-electron chi connectivity index (χ1n) is 4.27. The molecule has 0 bridgehead atoms. The van der Waals surface area contributed by atoms with Crippen molar-refractivity contribution >= 4 is 0 Å². The van der Waals surface area contributed by atoms with E-state index in [2.05, 4.69) is 32.9 Å². The first-order chi connectivity index (χ1) is 5.81. The average Bonchev–Trinajstić information content (AvgIpc) is 2.11. The molecule has 0 amide bonds. The Morgan fingerprint density at radius 1 is 1.00 bits per heavy atom. The van der Waals surface area contributed by atoms with E-state index in [1.54, 1.807) is 0 Å². The number of aliphatic hydroxyl groups is 1. The SMILES string of the molecule is CCC.CO.Cc1ccccc1.O. The molecule has 1 rings (SSSR count). The zero-order valence-electron chi connectivity index (χ0n) is 9.04. The molecule has 0 heterocycles. The molecule has 0 aliphatic rings. The van der Waals surface area contributed by atoms with Gasteiger partial charge >= 0.3 is 0 Å². The highest BCUT2D eigenvalue weighted by atomic mass is 16.2. The Hall–Kier alpha value is -0.860. The molecule has 0 aliphatic carbocycles. The van der Waals surface area contributed by atoms with E-state index in [-0.39, 0.29) is 5.48 Å². The third-order valence-corrected chi connectivity index (χ3v) is 0.940. The summed E-state index contributed by atoms with van der Waals surface area (Å²) in [5, 5.41) is 7.00. The van der Waals surface area contributed by atoms with Crippen molar-refractivity contribution < 1.29 is 10.6 Å². The standard InChI is InChI=1S/C7H8.C3H8.CH4O.H2O/c1-7-5-3-2-4-6-7;1-3-2;1-2;/h2-6H,1H3;3H2,1-2H3;2H,1H3;1H2. The molecule has 0 radical (unpaired) electrons. The minimum Gasteiger partial charge on any atom is -0.412 e. The van der Waals surface area contributed by atoms with Crippen molar-refractivity contribution in [3.63, 3.8) is 0 Å². The largest absolute Gasteiger partial charge is 0.412 e. The summed E-state index contributed by atoms with van der Waals surface area (Å²) in [7, 11) is 1.00. The molecule has 2 nitrogen and oxygen atoms in total. The van der Waals surface area contributed by atoms with Gasteiger partial charge in [-0.15, -0.1) is 0 Å². The van der Waals surface area contributed by atoms with Gasteiger partial charge in [-0.05, 0) is 6.92 Å². The zero-order valence-corrected chi connectivity index (χ0v) is 9.04. The van der Waals surface area contributed by atoms with Crippen molar-refractivity contribution in [2.45, 2.75) is 27.2 Å². The number of hydrogen-bond acceptors (Lipinski definition) is 1. The van der Waals surface area contributed by atoms with Crippen molar-refractivity contribution in [2.75, 3.05) is 7.11 Å². The molecule has 78 valence electrons. The van der Waals surface area contributed by atoms with E-state index in [0.29, 0.717) is 0 Å². The summed E-state index contributed by atoms with van der Waals surface area (Å²) in [6.45, 7) is 6.33. The van der Waals surface area contributed by atoms with E-state index in [1.165, 1.54) is 12.0 Å². The van der Waals surface area contributed by atoms with Gasteiger partial charge in [0.2, 0.25) is 0 Å². The Kier molecular flexibility index (Phi) is 24.0. The minimum absolute atomic E-state index is 0. The van der Waals surface area contributed by atoms with Crippen LogP contribution in [-0.4, -0.2) is 17.7 Å². The van der Waals surface area contributed by atoms with Gasteiger partial charge < -0.3 is 10.6 Å². The third-order valence-electron chi connectivity index (χ3n) is 0.940. The van der Waals surface area contributed by atoms with E-state index in [4.69, 9.17) is 5.11 Å². The van der Waals surface area contributed by atoms with Gasteiger partial charge in [0, 0.05) is 7.11 Å². The van der Waals surface area contributed by atoms with Crippen molar-refractivity contribution in [2.24, 2.45) is 0 Å². The van der Waals surface area contributed by atoms with Gasteiger partial charge in [0.05, 0.1) is 0 Å². The molecule has 0 atom stereocenters. The van der Waals surface area contributed by atoms with Crippen LogP contribution in [-0.2, 0) is 0 Å². The first-order valence-corrected chi connectivity index (χ1v) is 4.27. The Morgan fingerprint density at radius 2 is 1.31 bits per heavy atom. The van der Waals surface area contributed by atoms with Crippen LogP contribution in [0.15, 0.2) is 30.3 Å². The van der Waals surface area contributed by atoms with Crippen molar-refractivity contribution in [3.05, 3.63) is 35.9 Å². The molecule has 1 aromatic rings. The molecular formula is C11H22O2. The summed E-state index contributed by atoms with van der Waals surface area (Å²) in [6.07, 6.45) is 1.25. The van der Waals surface area contributed by atoms with Gasteiger partial charge in [-0.25, -0.2) is 0 Å². The van der Waals surface area contributed by atoms with Crippen molar-refractivity contribution in [1.29, 1.82) is 0 Å². The highest BCUT2D eigenvalue weighted by molar-refractivity contribution is 5.11. The third kappa shape index (κ3) is 18.3. The zero-order chi connectivity index (χ0) is 9.82. The lowest BCUT2D eigenvalue weighted by molar-refractivity contribution is 0.399. The molecule has 1 aromatic carbocycles. The van der Waals surface area contributed by atoms with Crippen LogP contribution in [0.4, 0.5) is 0 Å². The van der Waals surface area contributed by atoms with E-state index in [1.807, 2.05) is 18.2 Å². The molecule has 3 N–H and O–H groups in total. The minimum atomic E-state index is 0. The van der Waals surface area contributed by atoms with E-state index in [9.17, 15) is 0 Å². The van der Waals surface area contributed by atoms with E-state index < -0.39 is 0 Å². The smallest absolute Gasteiger partial charge is 0.0319 e. The van der Waals surface area contributed by atoms with Gasteiger partial charge in [0.15, 0.2) is 0 Å². The monoisotopic (exact) mass is 186 g/mol. The van der Waals surface area contributed by atoms with Gasteiger partial charge in [-0.3, -0.25) is 0 Å². The number of aryl methyl sites for hydroxylation is 1. The molecule has 0 aromatic heterocycles. The predicted molar refractivity (Wildman–Crippen MR) is 58.9 cm³/mol. The van der Waals surface area contributed by atoms with E-state index >= 15 is 0 Å². The molecule has 0 saturated carbocycles. The van der Waals surface area contributed by atoms with Crippen LogP contribution in [0.1, 0.15) is 25.8 Å². The molecule has 0 spiro atoms. The van der Waals surface area contributed by atoms with Crippen molar-refractivity contribution in [1.82, 2.24) is 0 Å². The fraction of sp³-hybridized carbons (Fsp3) is 0.455. The van der Waals surface area contributed by atoms with Crippen LogP contribution < -0.4 is 0 Å². The number of rotatable bonds is 0. The molecule has 0 aliphatic heterocycles. The molecule has 0 fully saturated rings. The second-order valence-corrected chi connectivity index (χ2v) is 2.36. The average molecular weight is 186 g/mol. The number of aliphatic hydroxyl groups excluding tert-OH is 1. The van der Waals surface area contributed by atoms with Crippen LogP contribution in [0.5, 0.6) is 0 Å². The van der Waals surface area contributed by atoms with Crippen LogP contribution in [0.3, 0.4) is 0 Å². The summed E-state index contributed by atoms with van der Waals surface area (Å²) < 4.78 is 0. The maximum atomic E-state index is 7.00. The highest BCUT2D eigenvalue weighted by Gasteiger charge is 1.72. The van der Waals surface area contributed by atoms with Crippen molar-refractivity contribution in [3.8, 4) is 0 Å². The number of hydrogen-bond donors (Lipinski definition) is 1. The lowest BCUT2D eigenvalue weighted by Gasteiger charge is -1.82. The summed E-state index contributed by atoms with van der Waals surface area (Å²) in [5.41, 5.74) is 1.32. The molecule has 13 heavy (non-hydrogen) atoms. The number of benzene rings is 1. The Bertz CT molecular complexity index is 149. The first kappa shape index (κ1) is 18.0. The van der Waals surface area contributed by atoms with Gasteiger partial charge in [-0.2, -0.15) is 0 Å². The molecule has 0 unspecified atom stereocenters. The van der Waals surface area contributed by atoms with Crippen LogP contribution in [0.25, 0.3) is 0 Å². The molecule has 0 saturated heterocycles. The maximum Gasteiger partial charge on any atom is 0.0319 e. The van der Waals surface area contributed by atoms with Gasteiger partial charge in [0.25, 0.3) is 0 Å². The predicted octanol–water partition coefficient (Wildman–Crippen LogP) is 2.20. The normalized spacial score (nSPS) is 6.54. The second kappa shape index (κ2) is 17.3. The Labute approximate surface area is 81.5 Å². The fourth-order valence-electron chi connectivity index (χ4n) is 0.534. The van der Waals surface area contributed by atoms with Gasteiger partial charge in [-0.1, -0.05) is 56.2 Å². The Balaban J connectivity index is -0.000000146.